The molecule has 2 aromatic rings. The molecular formula is C11H15N5O2. The largest absolute Gasteiger partial charge is 0.477 e. The van der Waals surface area contributed by atoms with Crippen molar-refractivity contribution in [1.29, 1.82) is 0 Å². The minimum Gasteiger partial charge on any atom is -0.477 e. The van der Waals surface area contributed by atoms with Gasteiger partial charge in [-0.15, -0.1) is 0 Å². The van der Waals surface area contributed by atoms with Gasteiger partial charge in [0.1, 0.15) is 11.4 Å². The van der Waals surface area contributed by atoms with Gasteiger partial charge in [0.2, 0.25) is 0 Å². The summed E-state index contributed by atoms with van der Waals surface area (Å²) in [5.74, 6) is -0.491. The number of aryl methyl sites for hydroxylation is 3. The minimum atomic E-state index is -0.982. The van der Waals surface area contributed by atoms with Crippen LogP contribution < -0.4 is 5.32 Å². The monoisotopic (exact) mass is 249 g/mol. The van der Waals surface area contributed by atoms with Crippen LogP contribution in [0.2, 0.25) is 0 Å². The fraction of sp³-hybridized carbons (Fsp3) is 0.364. The van der Waals surface area contributed by atoms with E-state index in [9.17, 15) is 4.79 Å². The Morgan fingerprint density at radius 2 is 2.17 bits per heavy atom. The fourth-order valence-electron chi connectivity index (χ4n) is 1.85. The van der Waals surface area contributed by atoms with Crippen molar-refractivity contribution in [1.82, 2.24) is 19.6 Å². The second-order valence-corrected chi connectivity index (χ2v) is 4.07. The third kappa shape index (κ3) is 2.20. The smallest absolute Gasteiger partial charge is 0.341 e. The highest BCUT2D eigenvalue weighted by atomic mass is 16.4. The molecule has 0 aromatic carbocycles. The van der Waals surface area contributed by atoms with E-state index in [2.05, 4.69) is 15.5 Å². The average molecular weight is 249 g/mol. The van der Waals surface area contributed by atoms with E-state index in [0.29, 0.717) is 18.1 Å². The molecule has 0 bridgehead atoms. The van der Waals surface area contributed by atoms with Gasteiger partial charge in [-0.3, -0.25) is 9.36 Å². The van der Waals surface area contributed by atoms with Gasteiger partial charge in [-0.05, 0) is 13.0 Å². The van der Waals surface area contributed by atoms with E-state index < -0.39 is 5.97 Å². The maximum atomic E-state index is 11.2. The van der Waals surface area contributed by atoms with Gasteiger partial charge in [0, 0.05) is 20.3 Å². The lowest BCUT2D eigenvalue weighted by Crippen LogP contribution is -2.09. The average Bonchev–Trinajstić information content (AvgIpc) is 2.79. The number of carboxylic acid groups (broad SMARTS) is 1. The van der Waals surface area contributed by atoms with Crippen LogP contribution in [-0.4, -0.2) is 30.6 Å². The Morgan fingerprint density at radius 1 is 1.44 bits per heavy atom. The Balaban J connectivity index is 2.21. The predicted octanol–water partition coefficient (Wildman–Crippen LogP) is 0.772. The number of carboxylic acids is 1. The molecule has 2 aromatic heterocycles. The summed E-state index contributed by atoms with van der Waals surface area (Å²) in [6, 6.07) is 1.87. The number of hydrogen-bond donors (Lipinski definition) is 2. The maximum absolute atomic E-state index is 11.2. The number of nitrogens with one attached hydrogen (secondary N) is 1. The maximum Gasteiger partial charge on any atom is 0.341 e. The molecule has 0 unspecified atom stereocenters. The molecule has 2 rings (SSSR count). The Hall–Kier alpha value is -2.31. The number of anilines is 1. The number of aromatic nitrogens is 4. The first-order valence-corrected chi connectivity index (χ1v) is 5.48. The van der Waals surface area contributed by atoms with Gasteiger partial charge in [-0.2, -0.15) is 10.2 Å². The third-order valence-electron chi connectivity index (χ3n) is 2.64. The summed E-state index contributed by atoms with van der Waals surface area (Å²) in [6.07, 6.45) is 1.84. The zero-order valence-corrected chi connectivity index (χ0v) is 10.5. The molecule has 0 spiro atoms. The van der Waals surface area contributed by atoms with E-state index >= 15 is 0 Å². The Kier molecular flexibility index (Phi) is 3.05. The molecule has 18 heavy (non-hydrogen) atoms. The van der Waals surface area contributed by atoms with Crippen LogP contribution in [0.4, 0.5) is 5.82 Å². The quantitative estimate of drug-likeness (QED) is 0.836. The van der Waals surface area contributed by atoms with E-state index in [1.54, 1.807) is 18.7 Å². The molecule has 0 aliphatic carbocycles. The first-order valence-electron chi connectivity index (χ1n) is 5.48. The number of nitrogens with zero attached hydrogens (tertiary/aromatic N) is 4. The molecule has 0 aliphatic rings. The zero-order valence-electron chi connectivity index (χ0n) is 10.5. The molecule has 2 N–H and O–H groups in total. The fourth-order valence-corrected chi connectivity index (χ4v) is 1.85. The van der Waals surface area contributed by atoms with Crippen molar-refractivity contribution >= 4 is 11.8 Å². The van der Waals surface area contributed by atoms with Crippen molar-refractivity contribution in [3.05, 3.63) is 29.2 Å². The van der Waals surface area contributed by atoms with E-state index in [1.807, 2.05) is 19.3 Å². The van der Waals surface area contributed by atoms with Gasteiger partial charge < -0.3 is 10.4 Å². The molecule has 0 atom stereocenters. The summed E-state index contributed by atoms with van der Waals surface area (Å²) in [4.78, 5) is 11.2. The summed E-state index contributed by atoms with van der Waals surface area (Å²) in [7, 11) is 3.54. The van der Waals surface area contributed by atoms with Crippen molar-refractivity contribution in [2.24, 2.45) is 14.1 Å². The lowest BCUT2D eigenvalue weighted by atomic mass is 10.2. The van der Waals surface area contributed by atoms with Crippen LogP contribution in [-0.2, 0) is 20.6 Å². The molecule has 96 valence electrons. The summed E-state index contributed by atoms with van der Waals surface area (Å²) >= 11 is 0. The third-order valence-corrected chi connectivity index (χ3v) is 2.64. The first-order chi connectivity index (χ1) is 8.49. The second-order valence-electron chi connectivity index (χ2n) is 4.07. The van der Waals surface area contributed by atoms with Gasteiger partial charge in [0.15, 0.2) is 0 Å². The van der Waals surface area contributed by atoms with Crippen molar-refractivity contribution < 1.29 is 9.90 Å². The molecule has 0 amide bonds. The van der Waals surface area contributed by atoms with E-state index in [0.717, 1.165) is 5.69 Å². The van der Waals surface area contributed by atoms with Gasteiger partial charge >= 0.3 is 5.97 Å². The van der Waals surface area contributed by atoms with Crippen molar-refractivity contribution in [3.8, 4) is 0 Å². The second kappa shape index (κ2) is 4.52. The normalized spacial score (nSPS) is 10.6. The SMILES string of the molecule is Cc1nn(C)c(NCc2ccn(C)n2)c1C(=O)O. The molecule has 0 radical (unpaired) electrons. The number of carbonyl (C=O) groups is 1. The minimum absolute atomic E-state index is 0.202. The summed E-state index contributed by atoms with van der Waals surface area (Å²) in [5, 5.41) is 20.5. The van der Waals surface area contributed by atoms with Crippen molar-refractivity contribution in [2.45, 2.75) is 13.5 Å². The van der Waals surface area contributed by atoms with Gasteiger partial charge in [0.25, 0.3) is 0 Å². The highest BCUT2D eigenvalue weighted by molar-refractivity contribution is 5.94. The molecular weight excluding hydrogens is 234 g/mol. The van der Waals surface area contributed by atoms with Crippen LogP contribution >= 0.6 is 0 Å². The Bertz CT molecular complexity index is 584. The van der Waals surface area contributed by atoms with Crippen LogP contribution in [0.5, 0.6) is 0 Å². The molecule has 0 saturated carbocycles. The molecule has 0 fully saturated rings. The summed E-state index contributed by atoms with van der Waals surface area (Å²) in [6.45, 7) is 2.13. The molecule has 7 heteroatoms. The van der Waals surface area contributed by atoms with Gasteiger partial charge in [-0.1, -0.05) is 0 Å². The lowest BCUT2D eigenvalue weighted by molar-refractivity contribution is 0.0697. The highest BCUT2D eigenvalue weighted by Gasteiger charge is 2.19. The van der Waals surface area contributed by atoms with Crippen LogP contribution in [0.1, 0.15) is 21.7 Å². The Morgan fingerprint density at radius 3 is 2.72 bits per heavy atom. The van der Waals surface area contributed by atoms with Crippen molar-refractivity contribution in [2.75, 3.05) is 5.32 Å². The lowest BCUT2D eigenvalue weighted by Gasteiger charge is -2.06. The van der Waals surface area contributed by atoms with Crippen LogP contribution in [0, 0.1) is 6.92 Å². The predicted molar refractivity (Wildman–Crippen MR) is 65.4 cm³/mol. The van der Waals surface area contributed by atoms with Crippen LogP contribution in [0.15, 0.2) is 12.3 Å². The first kappa shape index (κ1) is 12.2. The van der Waals surface area contributed by atoms with E-state index in [1.165, 1.54) is 4.68 Å². The highest BCUT2D eigenvalue weighted by Crippen LogP contribution is 2.19. The topological polar surface area (TPSA) is 85.0 Å². The summed E-state index contributed by atoms with van der Waals surface area (Å²) < 4.78 is 3.23. The van der Waals surface area contributed by atoms with Crippen LogP contribution in [0.25, 0.3) is 0 Å². The van der Waals surface area contributed by atoms with Gasteiger partial charge in [0.05, 0.1) is 17.9 Å². The molecule has 7 nitrogen and oxygen atoms in total. The molecule has 2 heterocycles. The molecule has 0 aliphatic heterocycles. The van der Waals surface area contributed by atoms with Crippen molar-refractivity contribution in [3.63, 3.8) is 0 Å². The zero-order chi connectivity index (χ0) is 13.3. The number of hydrogen-bond acceptors (Lipinski definition) is 4. The molecule has 0 saturated heterocycles. The van der Waals surface area contributed by atoms with E-state index in [-0.39, 0.29) is 5.56 Å². The Labute approximate surface area is 104 Å². The van der Waals surface area contributed by atoms with Gasteiger partial charge in [-0.25, -0.2) is 4.79 Å². The number of rotatable bonds is 4. The summed E-state index contributed by atoms with van der Waals surface area (Å²) in [5.41, 5.74) is 1.54. The standard InChI is InChI=1S/C11H15N5O2/c1-7-9(11(17)18)10(16(3)13-7)12-6-8-4-5-15(2)14-8/h4-5,12H,6H2,1-3H3,(H,17,18). The van der Waals surface area contributed by atoms with Crippen LogP contribution in [0.3, 0.4) is 0 Å². The van der Waals surface area contributed by atoms with E-state index in [4.69, 9.17) is 5.11 Å². The number of aromatic carboxylic acids is 1.